The number of hydrogen-bond acceptors (Lipinski definition) is 2. The molecule has 0 unspecified atom stereocenters. The van der Waals surface area contributed by atoms with Crippen LogP contribution < -0.4 is 0 Å². The average molecular weight is 100 g/mol. The van der Waals surface area contributed by atoms with Crippen LogP contribution in [0.2, 0.25) is 0 Å². The maximum Gasteiger partial charge on any atom is 0.142 e. The van der Waals surface area contributed by atoms with Gasteiger partial charge in [0.1, 0.15) is 6.29 Å². The first-order chi connectivity index (χ1) is 3.33. The lowest BCUT2D eigenvalue weighted by atomic mass is 10.8. The molecular weight excluding hydrogens is 92.1 g/mol. The Morgan fingerprint density at radius 2 is 1.57 bits per heavy atom. The van der Waals surface area contributed by atoms with Gasteiger partial charge in [-0.3, -0.25) is 4.79 Å². The standard InChI is InChI=1S/C3H4O.C2H4O/c1-2-3-4;1-2-3/h2-3H,1H2;2-3H,1H2. The maximum atomic E-state index is 9.06. The third-order valence-electron chi connectivity index (χ3n) is 0.0962. The molecule has 0 atom stereocenters. The molecular formula is C5H8O2. The molecule has 2 heteroatoms. The van der Waals surface area contributed by atoms with Crippen LogP contribution in [0.3, 0.4) is 0 Å². The van der Waals surface area contributed by atoms with Crippen molar-refractivity contribution in [3.8, 4) is 0 Å². The van der Waals surface area contributed by atoms with Crippen LogP contribution in [0.25, 0.3) is 0 Å². The van der Waals surface area contributed by atoms with Gasteiger partial charge in [0.15, 0.2) is 0 Å². The summed E-state index contributed by atoms with van der Waals surface area (Å²) < 4.78 is 0. The molecule has 1 N–H and O–H groups in total. The van der Waals surface area contributed by atoms with E-state index in [1.165, 1.54) is 6.08 Å². The van der Waals surface area contributed by atoms with Gasteiger partial charge in [-0.15, -0.1) is 0 Å². The third kappa shape index (κ3) is 17200. The van der Waals surface area contributed by atoms with Gasteiger partial charge in [-0.2, -0.15) is 0 Å². The SMILES string of the molecule is C=CC=O.C=CO. The van der Waals surface area contributed by atoms with Gasteiger partial charge in [0.2, 0.25) is 0 Å². The minimum Gasteiger partial charge on any atom is -0.516 e. The number of carbonyl (C=O) groups excluding carboxylic acids is 1. The maximum absolute atomic E-state index is 9.06. The van der Waals surface area contributed by atoms with E-state index in [4.69, 9.17) is 9.90 Å². The van der Waals surface area contributed by atoms with Crippen LogP contribution in [0.15, 0.2) is 25.5 Å². The van der Waals surface area contributed by atoms with Crippen LogP contribution in [0, 0.1) is 0 Å². The second-order valence-electron chi connectivity index (χ2n) is 0.554. The van der Waals surface area contributed by atoms with E-state index < -0.39 is 0 Å². The molecule has 0 heterocycles. The zero-order valence-electron chi connectivity index (χ0n) is 4.00. The number of aliphatic hydroxyl groups excluding tert-OH is 1. The number of rotatable bonds is 1. The highest BCUT2D eigenvalue weighted by Gasteiger charge is 1.38. The largest absolute Gasteiger partial charge is 0.516 e. The fourth-order valence-electron chi connectivity index (χ4n) is 0. The lowest BCUT2D eigenvalue weighted by molar-refractivity contribution is -0.104. The second kappa shape index (κ2) is 20.3. The van der Waals surface area contributed by atoms with E-state index in [-0.39, 0.29) is 0 Å². The smallest absolute Gasteiger partial charge is 0.142 e. The molecule has 0 radical (unpaired) electrons. The van der Waals surface area contributed by atoms with Crippen LogP contribution >= 0.6 is 0 Å². The molecule has 0 saturated heterocycles. The summed E-state index contributed by atoms with van der Waals surface area (Å²) in [5, 5.41) is 7.33. The normalized spacial score (nSPS) is 4.57. The third-order valence-corrected chi connectivity index (χ3v) is 0.0962. The number of hydrogen-bond donors (Lipinski definition) is 1. The van der Waals surface area contributed by atoms with E-state index in [0.29, 0.717) is 6.29 Å². The van der Waals surface area contributed by atoms with E-state index in [1.54, 1.807) is 0 Å². The van der Waals surface area contributed by atoms with Gasteiger partial charge in [-0.25, -0.2) is 0 Å². The highest BCUT2D eigenvalue weighted by Crippen LogP contribution is 1.35. The Morgan fingerprint density at radius 1 is 1.43 bits per heavy atom. The topological polar surface area (TPSA) is 37.3 Å². The van der Waals surface area contributed by atoms with Crippen molar-refractivity contribution in [1.29, 1.82) is 0 Å². The Bertz CT molecular complexity index is 51.1. The summed E-state index contributed by atoms with van der Waals surface area (Å²) >= 11 is 0. The number of allylic oxidation sites excluding steroid dienone is 1. The number of aldehydes is 1. The molecule has 0 aromatic heterocycles. The lowest BCUT2D eigenvalue weighted by Crippen LogP contribution is -1.44. The predicted octanol–water partition coefficient (Wildman–Crippen LogP) is 1.06. The van der Waals surface area contributed by atoms with Gasteiger partial charge in [-0.05, 0) is 6.08 Å². The Balaban J connectivity index is 0. The van der Waals surface area contributed by atoms with Gasteiger partial charge in [-0.1, -0.05) is 13.2 Å². The molecule has 0 amide bonds. The molecule has 0 bridgehead atoms. The molecule has 0 saturated carbocycles. The zero-order chi connectivity index (χ0) is 6.12. The second-order valence-corrected chi connectivity index (χ2v) is 0.554. The summed E-state index contributed by atoms with van der Waals surface area (Å²) in [7, 11) is 0. The molecule has 0 aromatic rings. The van der Waals surface area contributed by atoms with Crippen molar-refractivity contribution in [3.05, 3.63) is 25.5 Å². The van der Waals surface area contributed by atoms with E-state index in [1.807, 2.05) is 0 Å². The molecule has 0 aliphatic heterocycles. The van der Waals surface area contributed by atoms with Crippen LogP contribution in [0.4, 0.5) is 0 Å². The molecule has 0 fully saturated rings. The summed E-state index contributed by atoms with van der Waals surface area (Å²) in [4.78, 5) is 9.06. The fourth-order valence-corrected chi connectivity index (χ4v) is 0. The van der Waals surface area contributed by atoms with Gasteiger partial charge in [0.25, 0.3) is 0 Å². The monoisotopic (exact) mass is 100 g/mol. The van der Waals surface area contributed by atoms with Crippen molar-refractivity contribution in [2.75, 3.05) is 0 Å². The molecule has 0 aliphatic carbocycles. The Kier molecular flexibility index (Phi) is 27.1. The van der Waals surface area contributed by atoms with Crippen molar-refractivity contribution in [2.24, 2.45) is 0 Å². The molecule has 0 rings (SSSR count). The summed E-state index contributed by atoms with van der Waals surface area (Å²) in [6.45, 7) is 6.03. The lowest BCUT2D eigenvalue weighted by Gasteiger charge is -1.41. The first kappa shape index (κ1) is 9.34. The first-order valence-electron chi connectivity index (χ1n) is 1.64. The highest BCUT2D eigenvalue weighted by atomic mass is 16.2. The summed E-state index contributed by atoms with van der Waals surface area (Å²) in [6.07, 6.45) is 2.58. The average Bonchev–Trinajstić information content (AvgIpc) is 1.69. The number of carbonyl (C=O) groups is 1. The number of aliphatic hydroxyl groups is 1. The minimum atomic E-state index is 0.639. The molecule has 40 valence electrons. The summed E-state index contributed by atoms with van der Waals surface area (Å²) in [5.41, 5.74) is 0. The van der Waals surface area contributed by atoms with Crippen molar-refractivity contribution in [2.45, 2.75) is 0 Å². The van der Waals surface area contributed by atoms with E-state index in [9.17, 15) is 0 Å². The van der Waals surface area contributed by atoms with Crippen molar-refractivity contribution in [1.82, 2.24) is 0 Å². The minimum absolute atomic E-state index is 0.639. The fraction of sp³-hybridized carbons (Fsp3) is 0. The van der Waals surface area contributed by atoms with Gasteiger partial charge < -0.3 is 5.11 Å². The van der Waals surface area contributed by atoms with Crippen molar-refractivity contribution >= 4 is 6.29 Å². The van der Waals surface area contributed by atoms with E-state index >= 15 is 0 Å². The van der Waals surface area contributed by atoms with Crippen LogP contribution in [-0.4, -0.2) is 11.4 Å². The van der Waals surface area contributed by atoms with E-state index in [0.717, 1.165) is 6.26 Å². The van der Waals surface area contributed by atoms with Gasteiger partial charge >= 0.3 is 0 Å². The summed E-state index contributed by atoms with van der Waals surface area (Å²) in [5.74, 6) is 0. The molecule has 0 aromatic carbocycles. The Morgan fingerprint density at radius 3 is 1.57 bits per heavy atom. The Hall–Kier alpha value is -1.05. The van der Waals surface area contributed by atoms with Crippen molar-refractivity contribution in [3.63, 3.8) is 0 Å². The van der Waals surface area contributed by atoms with Crippen LogP contribution in [-0.2, 0) is 4.79 Å². The Labute approximate surface area is 42.8 Å². The highest BCUT2D eigenvalue weighted by molar-refractivity contribution is 5.63. The summed E-state index contributed by atoms with van der Waals surface area (Å²) in [6, 6.07) is 0. The van der Waals surface area contributed by atoms with Gasteiger partial charge in [0.05, 0.1) is 6.26 Å². The van der Waals surface area contributed by atoms with Crippen molar-refractivity contribution < 1.29 is 9.90 Å². The first-order valence-corrected chi connectivity index (χ1v) is 1.64. The molecule has 0 spiro atoms. The molecule has 7 heavy (non-hydrogen) atoms. The molecule has 2 nitrogen and oxygen atoms in total. The van der Waals surface area contributed by atoms with Crippen LogP contribution in [0.5, 0.6) is 0 Å². The van der Waals surface area contributed by atoms with Crippen LogP contribution in [0.1, 0.15) is 0 Å². The predicted molar refractivity (Wildman–Crippen MR) is 29.1 cm³/mol. The van der Waals surface area contributed by atoms with Gasteiger partial charge in [0, 0.05) is 0 Å². The quantitative estimate of drug-likeness (QED) is 0.304. The zero-order valence-corrected chi connectivity index (χ0v) is 4.00. The molecule has 0 aliphatic rings. The van der Waals surface area contributed by atoms with E-state index in [2.05, 4.69) is 13.2 Å².